The number of benzene rings is 2. The van der Waals surface area contributed by atoms with Gasteiger partial charge >= 0.3 is 6.09 Å². The number of aliphatic hydroxyl groups excluding tert-OH is 1. The van der Waals surface area contributed by atoms with Crippen molar-refractivity contribution in [2.75, 3.05) is 18.9 Å². The van der Waals surface area contributed by atoms with Crippen LogP contribution in [0.2, 0.25) is 0 Å². The van der Waals surface area contributed by atoms with Crippen molar-refractivity contribution in [1.82, 2.24) is 15.5 Å². The second kappa shape index (κ2) is 13.2. The summed E-state index contributed by atoms with van der Waals surface area (Å²) >= 11 is 4.23. The monoisotopic (exact) mass is 501 g/mol. The van der Waals surface area contributed by atoms with Crippen molar-refractivity contribution in [1.29, 1.82) is 0 Å². The van der Waals surface area contributed by atoms with Crippen LogP contribution in [0.5, 0.6) is 0 Å². The standard InChI is InChI=1S/C26H35N3O5S/c1-18-10-12-20(13-11-18)22(23(31)27-16-19-8-6-5-7-9-19)29(14-15-30)24(32)21(17-35)28-25(33)34-26(2,3)4/h5-13,21-22,30,35H,14-17H2,1-4H3,(H,27,31)(H,28,33). The zero-order valence-corrected chi connectivity index (χ0v) is 21.5. The molecule has 0 aliphatic heterocycles. The van der Waals surface area contributed by atoms with E-state index in [1.54, 1.807) is 32.9 Å². The van der Waals surface area contributed by atoms with Gasteiger partial charge in [-0.25, -0.2) is 4.79 Å². The van der Waals surface area contributed by atoms with Gasteiger partial charge in [0.1, 0.15) is 17.7 Å². The molecule has 0 saturated heterocycles. The number of carbonyl (C=O) groups is 3. The van der Waals surface area contributed by atoms with E-state index in [-0.39, 0.29) is 25.4 Å². The molecular weight excluding hydrogens is 466 g/mol. The van der Waals surface area contributed by atoms with Gasteiger partial charge in [-0.3, -0.25) is 9.59 Å². The van der Waals surface area contributed by atoms with Crippen molar-refractivity contribution >= 4 is 30.5 Å². The molecule has 0 aromatic heterocycles. The first-order valence-electron chi connectivity index (χ1n) is 11.5. The topological polar surface area (TPSA) is 108 Å². The summed E-state index contributed by atoms with van der Waals surface area (Å²) in [6, 6.07) is 14.6. The predicted molar refractivity (Wildman–Crippen MR) is 138 cm³/mol. The van der Waals surface area contributed by atoms with Gasteiger partial charge in [-0.05, 0) is 38.8 Å². The van der Waals surface area contributed by atoms with Gasteiger partial charge in [0, 0.05) is 18.8 Å². The molecule has 3 N–H and O–H groups in total. The van der Waals surface area contributed by atoms with Crippen LogP contribution in [0.1, 0.15) is 43.5 Å². The van der Waals surface area contributed by atoms with E-state index < -0.39 is 35.6 Å². The fraction of sp³-hybridized carbons (Fsp3) is 0.423. The highest BCUT2D eigenvalue weighted by Crippen LogP contribution is 2.23. The van der Waals surface area contributed by atoms with E-state index in [1.807, 2.05) is 49.4 Å². The fourth-order valence-electron chi connectivity index (χ4n) is 3.41. The van der Waals surface area contributed by atoms with Crippen LogP contribution in [0.4, 0.5) is 4.79 Å². The van der Waals surface area contributed by atoms with Crippen LogP contribution in [0.25, 0.3) is 0 Å². The van der Waals surface area contributed by atoms with Crippen LogP contribution in [0, 0.1) is 6.92 Å². The molecule has 190 valence electrons. The Kier molecular flexibility index (Phi) is 10.6. The molecule has 0 bridgehead atoms. The van der Waals surface area contributed by atoms with E-state index in [2.05, 4.69) is 23.3 Å². The number of hydrogen-bond donors (Lipinski definition) is 4. The number of nitrogens with one attached hydrogen (secondary N) is 2. The molecule has 2 rings (SSSR count). The summed E-state index contributed by atoms with van der Waals surface area (Å²) in [4.78, 5) is 40.6. The van der Waals surface area contributed by atoms with Crippen molar-refractivity contribution < 1.29 is 24.2 Å². The first-order chi connectivity index (χ1) is 16.6. The van der Waals surface area contributed by atoms with Gasteiger partial charge in [-0.2, -0.15) is 12.6 Å². The minimum atomic E-state index is -1.06. The zero-order chi connectivity index (χ0) is 26.0. The van der Waals surface area contributed by atoms with Crippen molar-refractivity contribution in [3.05, 3.63) is 71.3 Å². The van der Waals surface area contributed by atoms with E-state index in [0.717, 1.165) is 11.1 Å². The fourth-order valence-corrected chi connectivity index (χ4v) is 3.66. The molecule has 3 amide bonds. The Bertz CT molecular complexity index is 977. The van der Waals surface area contributed by atoms with Gasteiger partial charge in [0.05, 0.1) is 6.61 Å². The minimum Gasteiger partial charge on any atom is -0.444 e. The number of amides is 3. The summed E-state index contributed by atoms with van der Waals surface area (Å²) < 4.78 is 5.27. The first kappa shape index (κ1) is 28.2. The lowest BCUT2D eigenvalue weighted by Crippen LogP contribution is -2.54. The third-order valence-electron chi connectivity index (χ3n) is 5.06. The third kappa shape index (κ3) is 8.92. The van der Waals surface area contributed by atoms with E-state index in [0.29, 0.717) is 5.56 Å². The van der Waals surface area contributed by atoms with E-state index >= 15 is 0 Å². The average molecular weight is 502 g/mol. The number of carbonyl (C=O) groups excluding carboxylic acids is 3. The quantitative estimate of drug-likeness (QED) is 0.375. The molecular formula is C26H35N3O5S. The maximum absolute atomic E-state index is 13.5. The van der Waals surface area contributed by atoms with Crippen LogP contribution >= 0.6 is 12.6 Å². The number of rotatable bonds is 10. The molecule has 8 nitrogen and oxygen atoms in total. The van der Waals surface area contributed by atoms with E-state index in [1.165, 1.54) is 4.90 Å². The Morgan fingerprint density at radius 1 is 1.06 bits per heavy atom. The lowest BCUT2D eigenvalue weighted by Gasteiger charge is -2.33. The molecule has 0 aliphatic carbocycles. The molecule has 0 heterocycles. The molecule has 2 unspecified atom stereocenters. The number of aliphatic hydroxyl groups is 1. The summed E-state index contributed by atoms with van der Waals surface area (Å²) in [7, 11) is 0. The summed E-state index contributed by atoms with van der Waals surface area (Å²) in [5.74, 6) is -0.985. The van der Waals surface area contributed by atoms with Crippen LogP contribution in [-0.4, -0.2) is 58.5 Å². The summed E-state index contributed by atoms with van der Waals surface area (Å²) in [6.07, 6.45) is -0.769. The number of hydrogen-bond acceptors (Lipinski definition) is 6. The maximum Gasteiger partial charge on any atom is 0.408 e. The Morgan fingerprint density at radius 3 is 2.23 bits per heavy atom. The van der Waals surface area contributed by atoms with Crippen molar-refractivity contribution in [3.8, 4) is 0 Å². The predicted octanol–water partition coefficient (Wildman–Crippen LogP) is 3.00. The smallest absolute Gasteiger partial charge is 0.408 e. The lowest BCUT2D eigenvalue weighted by molar-refractivity contribution is -0.142. The Balaban J connectivity index is 2.34. The van der Waals surface area contributed by atoms with Crippen molar-refractivity contribution in [2.24, 2.45) is 0 Å². The van der Waals surface area contributed by atoms with Crippen LogP contribution in [-0.2, 0) is 20.9 Å². The summed E-state index contributed by atoms with van der Waals surface area (Å²) in [5, 5.41) is 15.2. The SMILES string of the molecule is Cc1ccc(C(C(=O)NCc2ccccc2)N(CCO)C(=O)C(CS)NC(=O)OC(C)(C)C)cc1. The third-order valence-corrected chi connectivity index (χ3v) is 5.42. The average Bonchev–Trinajstić information content (AvgIpc) is 2.81. The number of ether oxygens (including phenoxy) is 1. The van der Waals surface area contributed by atoms with E-state index in [9.17, 15) is 19.5 Å². The van der Waals surface area contributed by atoms with E-state index in [4.69, 9.17) is 4.74 Å². The highest BCUT2D eigenvalue weighted by Gasteiger charge is 2.35. The van der Waals surface area contributed by atoms with Crippen LogP contribution in [0.15, 0.2) is 54.6 Å². The Labute approximate surface area is 212 Å². The van der Waals surface area contributed by atoms with Gasteiger partial charge in [-0.15, -0.1) is 0 Å². The molecule has 0 saturated carbocycles. The highest BCUT2D eigenvalue weighted by molar-refractivity contribution is 7.80. The second-order valence-corrected chi connectivity index (χ2v) is 9.52. The molecule has 2 atom stereocenters. The van der Waals surface area contributed by atoms with Crippen molar-refractivity contribution in [2.45, 2.75) is 51.9 Å². The molecule has 2 aromatic rings. The number of alkyl carbamates (subject to hydrolysis) is 1. The first-order valence-corrected chi connectivity index (χ1v) is 12.1. The Morgan fingerprint density at radius 2 is 1.69 bits per heavy atom. The normalized spacial score (nSPS) is 12.9. The molecule has 9 heteroatoms. The van der Waals surface area contributed by atoms with Crippen LogP contribution < -0.4 is 10.6 Å². The van der Waals surface area contributed by atoms with Gasteiger partial charge < -0.3 is 25.4 Å². The largest absolute Gasteiger partial charge is 0.444 e. The number of nitrogens with zero attached hydrogens (tertiary/aromatic N) is 1. The van der Waals surface area contributed by atoms with Crippen LogP contribution in [0.3, 0.4) is 0 Å². The molecule has 0 fully saturated rings. The highest BCUT2D eigenvalue weighted by atomic mass is 32.1. The molecule has 0 radical (unpaired) electrons. The second-order valence-electron chi connectivity index (χ2n) is 9.15. The Hall–Kier alpha value is -3.04. The number of aryl methyl sites for hydroxylation is 1. The maximum atomic E-state index is 13.5. The zero-order valence-electron chi connectivity index (χ0n) is 20.7. The molecule has 0 spiro atoms. The van der Waals surface area contributed by atoms with Gasteiger partial charge in [-0.1, -0.05) is 60.2 Å². The molecule has 2 aromatic carbocycles. The summed E-state index contributed by atoms with van der Waals surface area (Å²) in [6.45, 7) is 6.86. The minimum absolute atomic E-state index is 0.0216. The molecule has 0 aliphatic rings. The number of thiol groups is 1. The molecule has 35 heavy (non-hydrogen) atoms. The van der Waals surface area contributed by atoms with Gasteiger partial charge in [0.25, 0.3) is 0 Å². The van der Waals surface area contributed by atoms with Gasteiger partial charge in [0.2, 0.25) is 11.8 Å². The summed E-state index contributed by atoms with van der Waals surface area (Å²) in [5.41, 5.74) is 1.74. The lowest BCUT2D eigenvalue weighted by atomic mass is 10.0. The van der Waals surface area contributed by atoms with Gasteiger partial charge in [0.15, 0.2) is 0 Å². The van der Waals surface area contributed by atoms with Crippen molar-refractivity contribution in [3.63, 3.8) is 0 Å².